The van der Waals surface area contributed by atoms with E-state index in [4.69, 9.17) is 17.3 Å². The minimum Gasteiger partial charge on any atom is -0.397 e. The first-order valence-electron chi connectivity index (χ1n) is 5.88. The maximum absolute atomic E-state index is 12.5. The fourth-order valence-electron chi connectivity index (χ4n) is 2.02. The number of nitrogens with zero attached hydrogens (tertiary/aromatic N) is 2. The van der Waals surface area contributed by atoms with E-state index in [2.05, 4.69) is 0 Å². The molecule has 2 rings (SSSR count). The number of anilines is 2. The van der Waals surface area contributed by atoms with Crippen molar-refractivity contribution in [1.82, 2.24) is 4.57 Å². The molecule has 0 saturated heterocycles. The van der Waals surface area contributed by atoms with Crippen LogP contribution in [-0.4, -0.2) is 17.5 Å². The van der Waals surface area contributed by atoms with Gasteiger partial charge in [-0.1, -0.05) is 23.7 Å². The quantitative estimate of drug-likeness (QED) is 0.918. The molecule has 0 unspecified atom stereocenters. The molecule has 1 aromatic heterocycles. The largest absolute Gasteiger partial charge is 0.397 e. The number of carbonyl (C=O) groups excluding carboxylic acids is 1. The van der Waals surface area contributed by atoms with Gasteiger partial charge in [-0.3, -0.25) is 4.79 Å². The van der Waals surface area contributed by atoms with E-state index < -0.39 is 0 Å². The maximum Gasteiger partial charge on any atom is 0.276 e. The normalized spacial score (nSPS) is 10.5. The molecule has 2 N–H and O–H groups in total. The van der Waals surface area contributed by atoms with Crippen molar-refractivity contribution in [3.05, 3.63) is 46.7 Å². The summed E-state index contributed by atoms with van der Waals surface area (Å²) in [5, 5.41) is 0.530. The molecule has 100 valence electrons. The highest BCUT2D eigenvalue weighted by atomic mass is 35.5. The highest BCUT2D eigenvalue weighted by molar-refractivity contribution is 6.34. The van der Waals surface area contributed by atoms with Crippen molar-refractivity contribution in [2.75, 3.05) is 17.7 Å². The topological polar surface area (TPSA) is 51.3 Å². The van der Waals surface area contributed by atoms with E-state index in [0.717, 1.165) is 5.69 Å². The zero-order valence-corrected chi connectivity index (χ0v) is 11.9. The molecule has 0 aliphatic rings. The predicted molar refractivity (Wildman–Crippen MR) is 78.7 cm³/mol. The maximum atomic E-state index is 12.5. The van der Waals surface area contributed by atoms with Gasteiger partial charge >= 0.3 is 0 Å². The number of para-hydroxylation sites is 1. The minimum atomic E-state index is -0.179. The molecule has 2 aromatic rings. The molecule has 5 heteroatoms. The van der Waals surface area contributed by atoms with Gasteiger partial charge in [-0.05, 0) is 25.1 Å². The number of aryl methyl sites for hydroxylation is 1. The molecule has 1 amide bonds. The first kappa shape index (κ1) is 13.5. The summed E-state index contributed by atoms with van der Waals surface area (Å²) in [5.41, 5.74) is 8.44. The van der Waals surface area contributed by atoms with Crippen LogP contribution in [0, 0.1) is 6.92 Å². The second-order valence-corrected chi connectivity index (χ2v) is 4.87. The number of hydrogen-bond acceptors (Lipinski definition) is 2. The average Bonchev–Trinajstić information content (AvgIpc) is 2.62. The Kier molecular flexibility index (Phi) is 3.53. The third-order valence-corrected chi connectivity index (χ3v) is 3.54. The van der Waals surface area contributed by atoms with E-state index in [0.29, 0.717) is 22.1 Å². The van der Waals surface area contributed by atoms with Gasteiger partial charge < -0.3 is 15.2 Å². The lowest BCUT2D eigenvalue weighted by molar-refractivity contribution is 0.0986. The third kappa shape index (κ3) is 2.31. The van der Waals surface area contributed by atoms with Crippen LogP contribution in [0.5, 0.6) is 0 Å². The SMILES string of the molecule is Cc1cc(N)c(C(=O)N(C)c2ccccc2Cl)n1C. The van der Waals surface area contributed by atoms with Crippen molar-refractivity contribution in [3.8, 4) is 0 Å². The molecule has 0 spiro atoms. The summed E-state index contributed by atoms with van der Waals surface area (Å²) in [6.07, 6.45) is 0. The Balaban J connectivity index is 2.42. The van der Waals surface area contributed by atoms with Crippen LogP contribution < -0.4 is 10.6 Å². The zero-order valence-electron chi connectivity index (χ0n) is 11.1. The van der Waals surface area contributed by atoms with Crippen LogP contribution in [0.25, 0.3) is 0 Å². The van der Waals surface area contributed by atoms with Crippen LogP contribution in [0.4, 0.5) is 11.4 Å². The highest BCUT2D eigenvalue weighted by Gasteiger charge is 2.21. The van der Waals surface area contributed by atoms with Gasteiger partial charge in [0.25, 0.3) is 5.91 Å². The third-order valence-electron chi connectivity index (χ3n) is 3.22. The number of hydrogen-bond donors (Lipinski definition) is 1. The first-order valence-corrected chi connectivity index (χ1v) is 6.25. The molecule has 4 nitrogen and oxygen atoms in total. The molecular weight excluding hydrogens is 262 g/mol. The average molecular weight is 278 g/mol. The Morgan fingerprint density at radius 3 is 2.53 bits per heavy atom. The van der Waals surface area contributed by atoms with Crippen molar-refractivity contribution >= 4 is 28.9 Å². The smallest absolute Gasteiger partial charge is 0.276 e. The summed E-state index contributed by atoms with van der Waals surface area (Å²) in [7, 11) is 3.50. The fraction of sp³-hybridized carbons (Fsp3) is 0.214. The molecule has 0 atom stereocenters. The summed E-state index contributed by atoms with van der Waals surface area (Å²) in [5.74, 6) is -0.179. The number of benzene rings is 1. The van der Waals surface area contributed by atoms with Crippen molar-refractivity contribution in [2.24, 2.45) is 7.05 Å². The Hall–Kier alpha value is -1.94. The van der Waals surface area contributed by atoms with E-state index in [1.54, 1.807) is 29.8 Å². The molecule has 0 aliphatic heterocycles. The van der Waals surface area contributed by atoms with Gasteiger partial charge in [0.2, 0.25) is 0 Å². The van der Waals surface area contributed by atoms with E-state index in [1.807, 2.05) is 26.1 Å². The van der Waals surface area contributed by atoms with Gasteiger partial charge in [0, 0.05) is 19.8 Å². The predicted octanol–water partition coefficient (Wildman–Crippen LogP) is 2.85. The van der Waals surface area contributed by atoms with Crippen molar-refractivity contribution in [1.29, 1.82) is 0 Å². The first-order chi connectivity index (χ1) is 8.93. The Morgan fingerprint density at radius 1 is 1.37 bits per heavy atom. The molecular formula is C14H16ClN3O. The van der Waals surface area contributed by atoms with Crippen LogP contribution in [0.1, 0.15) is 16.2 Å². The summed E-state index contributed by atoms with van der Waals surface area (Å²) in [6.45, 7) is 1.91. The molecule has 0 radical (unpaired) electrons. The van der Waals surface area contributed by atoms with Crippen LogP contribution in [0.3, 0.4) is 0 Å². The van der Waals surface area contributed by atoms with Crippen LogP contribution in [0.15, 0.2) is 30.3 Å². The molecule has 1 aromatic carbocycles. The summed E-state index contributed by atoms with van der Waals surface area (Å²) < 4.78 is 1.78. The highest BCUT2D eigenvalue weighted by Crippen LogP contribution is 2.27. The van der Waals surface area contributed by atoms with Gasteiger partial charge in [0.15, 0.2) is 0 Å². The number of rotatable bonds is 2. The lowest BCUT2D eigenvalue weighted by Crippen LogP contribution is -2.29. The lowest BCUT2D eigenvalue weighted by Gasteiger charge is -2.19. The minimum absolute atomic E-state index is 0.179. The van der Waals surface area contributed by atoms with Gasteiger partial charge in [0.05, 0.1) is 16.4 Å². The molecule has 0 fully saturated rings. The van der Waals surface area contributed by atoms with Gasteiger partial charge in [-0.25, -0.2) is 0 Å². The number of halogens is 1. The fourth-order valence-corrected chi connectivity index (χ4v) is 2.28. The van der Waals surface area contributed by atoms with E-state index in [9.17, 15) is 4.79 Å². The molecule has 0 bridgehead atoms. The second kappa shape index (κ2) is 4.97. The van der Waals surface area contributed by atoms with Crippen LogP contribution in [-0.2, 0) is 7.05 Å². The number of amides is 1. The number of aromatic nitrogens is 1. The van der Waals surface area contributed by atoms with Gasteiger partial charge in [0.1, 0.15) is 5.69 Å². The van der Waals surface area contributed by atoms with Crippen LogP contribution >= 0.6 is 11.6 Å². The molecule has 0 aliphatic carbocycles. The van der Waals surface area contributed by atoms with Crippen LogP contribution in [0.2, 0.25) is 5.02 Å². The standard InChI is InChI=1S/C14H16ClN3O/c1-9-8-11(16)13(17(9)2)14(19)18(3)12-7-5-4-6-10(12)15/h4-8H,16H2,1-3H3. The summed E-state index contributed by atoms with van der Waals surface area (Å²) >= 11 is 6.10. The van der Waals surface area contributed by atoms with E-state index in [-0.39, 0.29) is 5.91 Å². The van der Waals surface area contributed by atoms with Gasteiger partial charge in [-0.15, -0.1) is 0 Å². The number of nitrogen functional groups attached to an aromatic ring is 1. The van der Waals surface area contributed by atoms with Crippen molar-refractivity contribution < 1.29 is 4.79 Å². The Labute approximate surface area is 117 Å². The molecule has 1 heterocycles. The monoisotopic (exact) mass is 277 g/mol. The number of nitrogens with two attached hydrogens (primary N) is 1. The van der Waals surface area contributed by atoms with E-state index in [1.165, 1.54) is 4.90 Å². The molecule has 0 saturated carbocycles. The zero-order chi connectivity index (χ0) is 14.2. The van der Waals surface area contributed by atoms with Crippen molar-refractivity contribution in [2.45, 2.75) is 6.92 Å². The van der Waals surface area contributed by atoms with Gasteiger partial charge in [-0.2, -0.15) is 0 Å². The Morgan fingerprint density at radius 2 is 2.00 bits per heavy atom. The lowest BCUT2D eigenvalue weighted by atomic mass is 10.2. The summed E-state index contributed by atoms with van der Waals surface area (Å²) in [4.78, 5) is 14.0. The second-order valence-electron chi connectivity index (χ2n) is 4.46. The van der Waals surface area contributed by atoms with E-state index >= 15 is 0 Å². The molecule has 19 heavy (non-hydrogen) atoms. The Bertz CT molecular complexity index is 634. The van der Waals surface area contributed by atoms with Crippen molar-refractivity contribution in [3.63, 3.8) is 0 Å². The summed E-state index contributed by atoms with van der Waals surface area (Å²) in [6, 6.07) is 9.00. The number of carbonyl (C=O) groups is 1.